The molecule has 0 aliphatic carbocycles. The molecule has 9 heteroatoms. The number of rotatable bonds is 7. The number of hydrogen-bond donors (Lipinski definition) is 3. The summed E-state index contributed by atoms with van der Waals surface area (Å²) < 4.78 is 0. The summed E-state index contributed by atoms with van der Waals surface area (Å²) in [6.07, 6.45) is 3.40. The van der Waals surface area contributed by atoms with E-state index in [2.05, 4.69) is 15.6 Å². The number of nitrogens with one attached hydrogen (secondary N) is 3. The maximum atomic E-state index is 12.8. The zero-order valence-electron chi connectivity index (χ0n) is 15.1. The smallest absolute Gasteiger partial charge is 0.272 e. The summed E-state index contributed by atoms with van der Waals surface area (Å²) in [5, 5.41) is 13.0. The minimum Gasteiger partial charge on any atom is -0.335 e. The van der Waals surface area contributed by atoms with Crippen molar-refractivity contribution in [2.75, 3.05) is 10.6 Å². The summed E-state index contributed by atoms with van der Waals surface area (Å²) >= 11 is 17.8. The average molecular weight is 440 g/mol. The van der Waals surface area contributed by atoms with Crippen molar-refractivity contribution < 1.29 is 9.59 Å². The van der Waals surface area contributed by atoms with Gasteiger partial charge in [-0.25, -0.2) is 4.98 Å². The van der Waals surface area contributed by atoms with E-state index in [1.165, 1.54) is 19.1 Å². The maximum Gasteiger partial charge on any atom is 0.272 e. The number of ketones is 1. The number of Topliss-reactive ketones (excluding diaryl/α,β-unsaturated/α-hetero) is 1. The number of anilines is 2. The lowest BCUT2D eigenvalue weighted by Gasteiger charge is -2.15. The number of aromatic nitrogens is 1. The van der Waals surface area contributed by atoms with Gasteiger partial charge in [-0.1, -0.05) is 47.8 Å². The van der Waals surface area contributed by atoms with Gasteiger partial charge in [0.15, 0.2) is 5.78 Å². The molecule has 0 spiro atoms. The molecular formula is C19H17Cl3N4O2. The molecule has 0 unspecified atom stereocenters. The van der Waals surface area contributed by atoms with Gasteiger partial charge in [0.1, 0.15) is 16.7 Å². The Hall–Kier alpha value is -2.41. The van der Waals surface area contributed by atoms with E-state index in [1.54, 1.807) is 12.3 Å². The van der Waals surface area contributed by atoms with Gasteiger partial charge in [0, 0.05) is 22.9 Å². The molecule has 1 amide bonds. The normalized spacial score (nSPS) is 11.1. The Balaban J connectivity index is 2.41. The monoisotopic (exact) mass is 438 g/mol. The Morgan fingerprint density at radius 3 is 2.57 bits per heavy atom. The number of halogens is 3. The van der Waals surface area contributed by atoms with Crippen molar-refractivity contribution in [2.45, 2.75) is 20.3 Å². The van der Waals surface area contributed by atoms with E-state index >= 15 is 0 Å². The van der Waals surface area contributed by atoms with Crippen LogP contribution in [0.3, 0.4) is 0 Å². The summed E-state index contributed by atoms with van der Waals surface area (Å²) in [4.78, 5) is 29.0. The minimum absolute atomic E-state index is 0.0334. The van der Waals surface area contributed by atoms with Crippen LogP contribution in [0.1, 0.15) is 29.8 Å². The third kappa shape index (κ3) is 5.55. The fraction of sp³-hybridized carbons (Fsp3) is 0.158. The van der Waals surface area contributed by atoms with Crippen molar-refractivity contribution in [1.82, 2.24) is 4.98 Å². The minimum atomic E-state index is -0.648. The molecule has 1 aromatic carbocycles. The summed E-state index contributed by atoms with van der Waals surface area (Å²) in [7, 11) is 0. The number of amides is 1. The molecule has 0 saturated carbocycles. The van der Waals surface area contributed by atoms with E-state index in [4.69, 9.17) is 40.2 Å². The number of aryl methyl sites for hydroxylation is 1. The van der Waals surface area contributed by atoms with E-state index < -0.39 is 5.91 Å². The number of benzene rings is 1. The Bertz CT molecular complexity index is 974. The number of nitrogens with zero attached hydrogens (tertiary/aromatic N) is 1. The highest BCUT2D eigenvalue weighted by Gasteiger charge is 2.19. The molecular weight excluding hydrogens is 423 g/mol. The van der Waals surface area contributed by atoms with Crippen LogP contribution in [0.25, 0.3) is 0 Å². The summed E-state index contributed by atoms with van der Waals surface area (Å²) in [5.41, 5.74) is 1.12. The molecule has 146 valence electrons. The molecule has 6 nitrogen and oxygen atoms in total. The number of hydrogen-bond acceptors (Lipinski definition) is 5. The van der Waals surface area contributed by atoms with Crippen LogP contribution >= 0.6 is 34.8 Å². The molecule has 2 rings (SSSR count). The van der Waals surface area contributed by atoms with Gasteiger partial charge < -0.3 is 10.6 Å². The van der Waals surface area contributed by atoms with Crippen LogP contribution in [0.5, 0.6) is 0 Å². The molecule has 3 N–H and O–H groups in total. The van der Waals surface area contributed by atoms with Crippen molar-refractivity contribution in [3.05, 3.63) is 63.4 Å². The van der Waals surface area contributed by atoms with Gasteiger partial charge in [0.2, 0.25) is 0 Å². The Morgan fingerprint density at radius 2 is 1.96 bits per heavy atom. The van der Waals surface area contributed by atoms with E-state index in [9.17, 15) is 9.59 Å². The lowest BCUT2D eigenvalue weighted by molar-refractivity contribution is -0.112. The molecule has 1 aromatic heterocycles. The van der Waals surface area contributed by atoms with Crippen molar-refractivity contribution >= 4 is 63.2 Å². The topological polar surface area (TPSA) is 94.9 Å². The molecule has 28 heavy (non-hydrogen) atoms. The first kappa shape index (κ1) is 21.9. The predicted molar refractivity (Wildman–Crippen MR) is 114 cm³/mol. The quantitative estimate of drug-likeness (QED) is 0.310. The van der Waals surface area contributed by atoms with E-state index in [0.717, 1.165) is 11.6 Å². The highest BCUT2D eigenvalue weighted by atomic mass is 35.5. The lowest BCUT2D eigenvalue weighted by Crippen LogP contribution is -2.22. The van der Waals surface area contributed by atoms with Crippen molar-refractivity contribution in [3.63, 3.8) is 0 Å². The summed E-state index contributed by atoms with van der Waals surface area (Å²) in [5.74, 6) is -0.510. The SMILES string of the molecule is CCc1cccnc1N/C(=C\C(=N)Cl)C(=O)Nc1c(Cl)cc(Cl)cc1C(C)=O. The van der Waals surface area contributed by atoms with Crippen molar-refractivity contribution in [3.8, 4) is 0 Å². The highest BCUT2D eigenvalue weighted by molar-refractivity contribution is 6.67. The van der Waals surface area contributed by atoms with E-state index in [1.807, 2.05) is 13.0 Å². The third-order valence-corrected chi connectivity index (χ3v) is 4.34. The van der Waals surface area contributed by atoms with Gasteiger partial charge >= 0.3 is 0 Å². The first-order valence-corrected chi connectivity index (χ1v) is 9.34. The second kappa shape index (κ2) is 9.68. The van der Waals surface area contributed by atoms with Crippen LogP contribution in [0.4, 0.5) is 11.5 Å². The second-order valence-corrected chi connectivity index (χ2v) is 6.97. The summed E-state index contributed by atoms with van der Waals surface area (Å²) in [6.45, 7) is 3.28. The van der Waals surface area contributed by atoms with E-state index in [0.29, 0.717) is 12.2 Å². The molecule has 1 heterocycles. The average Bonchev–Trinajstić information content (AvgIpc) is 2.62. The molecule has 0 fully saturated rings. The molecule has 2 aromatic rings. The van der Waals surface area contributed by atoms with Crippen molar-refractivity contribution in [1.29, 1.82) is 5.41 Å². The largest absolute Gasteiger partial charge is 0.335 e. The second-order valence-electron chi connectivity index (χ2n) is 5.72. The van der Waals surface area contributed by atoms with Crippen LogP contribution in [0.2, 0.25) is 10.0 Å². The van der Waals surface area contributed by atoms with Crippen LogP contribution in [0.15, 0.2) is 42.2 Å². The van der Waals surface area contributed by atoms with Gasteiger partial charge in [-0.15, -0.1) is 0 Å². The molecule has 0 aliphatic rings. The predicted octanol–water partition coefficient (Wildman–Crippen LogP) is 5.30. The van der Waals surface area contributed by atoms with Gasteiger partial charge in [0.25, 0.3) is 5.91 Å². The number of allylic oxidation sites excluding steroid dienone is 1. The number of carbonyl (C=O) groups excluding carboxylic acids is 2. The van der Waals surface area contributed by atoms with E-state index in [-0.39, 0.29) is 37.9 Å². The van der Waals surface area contributed by atoms with Gasteiger partial charge in [-0.05, 0) is 37.1 Å². The fourth-order valence-corrected chi connectivity index (χ4v) is 3.06. The Labute approximate surface area is 177 Å². The maximum absolute atomic E-state index is 12.8. The molecule has 0 atom stereocenters. The van der Waals surface area contributed by atoms with Gasteiger partial charge in [-0.2, -0.15) is 0 Å². The standard InChI is InChI=1S/C19H17Cl3N4O2/c1-3-11-5-4-6-24-18(11)25-15(9-16(22)23)19(28)26-17-13(10(2)27)7-12(20)8-14(17)21/h4-9,23H,3H2,1-2H3,(H,24,25)(H,26,28)/b15-9-,23-16?. The van der Waals surface area contributed by atoms with Crippen LogP contribution in [-0.2, 0) is 11.2 Å². The third-order valence-electron chi connectivity index (χ3n) is 3.71. The highest BCUT2D eigenvalue weighted by Crippen LogP contribution is 2.31. The Morgan fingerprint density at radius 1 is 1.25 bits per heavy atom. The van der Waals surface area contributed by atoms with Crippen LogP contribution in [-0.4, -0.2) is 21.8 Å². The Kier molecular flexibility index (Phi) is 7.57. The van der Waals surface area contributed by atoms with Gasteiger partial charge in [-0.3, -0.25) is 15.0 Å². The first-order chi connectivity index (χ1) is 13.2. The fourth-order valence-electron chi connectivity index (χ4n) is 2.41. The van der Waals surface area contributed by atoms with Crippen LogP contribution < -0.4 is 10.6 Å². The van der Waals surface area contributed by atoms with Crippen molar-refractivity contribution in [2.24, 2.45) is 0 Å². The lowest BCUT2D eigenvalue weighted by atomic mass is 10.1. The van der Waals surface area contributed by atoms with Gasteiger partial charge in [0.05, 0.1) is 10.7 Å². The zero-order valence-corrected chi connectivity index (χ0v) is 17.3. The van der Waals surface area contributed by atoms with Crippen LogP contribution in [0, 0.1) is 5.41 Å². The number of pyridine rings is 1. The summed E-state index contributed by atoms with van der Waals surface area (Å²) in [6, 6.07) is 6.48. The molecule has 0 saturated heterocycles. The number of carbonyl (C=O) groups is 2. The zero-order chi connectivity index (χ0) is 20.8. The molecule has 0 radical (unpaired) electrons. The first-order valence-electron chi connectivity index (χ1n) is 8.21. The molecule has 0 bridgehead atoms. The molecule has 0 aliphatic heterocycles.